The van der Waals surface area contributed by atoms with Gasteiger partial charge in [0.15, 0.2) is 0 Å². The van der Waals surface area contributed by atoms with Gasteiger partial charge in [0.25, 0.3) is 0 Å². The standard InChI is InChI=1S/C15H26N2O3/c1-16-15(8-4-2-5-9-15)11-13(18)17-10-6-3-7-12(17)14(19)20/h12,16H,2-11H2,1H3,(H,19,20). The maximum Gasteiger partial charge on any atom is 0.326 e. The SMILES string of the molecule is CNC1(CC(=O)N2CCCCC2C(=O)O)CCCCC1. The van der Waals surface area contributed by atoms with E-state index in [-0.39, 0.29) is 11.4 Å². The fraction of sp³-hybridized carbons (Fsp3) is 0.867. The second kappa shape index (κ2) is 6.57. The van der Waals surface area contributed by atoms with Crippen LogP contribution >= 0.6 is 0 Å². The van der Waals surface area contributed by atoms with Crippen LogP contribution in [0.2, 0.25) is 0 Å². The van der Waals surface area contributed by atoms with Crippen molar-refractivity contribution in [1.82, 2.24) is 10.2 Å². The van der Waals surface area contributed by atoms with Crippen LogP contribution in [0.3, 0.4) is 0 Å². The van der Waals surface area contributed by atoms with Gasteiger partial charge >= 0.3 is 5.97 Å². The Labute approximate surface area is 120 Å². The van der Waals surface area contributed by atoms with Gasteiger partial charge in [-0.25, -0.2) is 4.79 Å². The Hall–Kier alpha value is -1.10. The fourth-order valence-corrected chi connectivity index (χ4v) is 3.62. The Balaban J connectivity index is 2.03. The number of aliphatic carboxylic acids is 1. The third-order valence-corrected chi connectivity index (χ3v) is 4.94. The van der Waals surface area contributed by atoms with Crippen molar-refractivity contribution in [2.45, 2.75) is 69.4 Å². The molecule has 5 nitrogen and oxygen atoms in total. The number of likely N-dealkylation sites (tertiary alicyclic amines) is 1. The van der Waals surface area contributed by atoms with Gasteiger partial charge in [-0.05, 0) is 39.2 Å². The van der Waals surface area contributed by atoms with Gasteiger partial charge in [0, 0.05) is 18.5 Å². The van der Waals surface area contributed by atoms with Crippen molar-refractivity contribution in [1.29, 1.82) is 0 Å². The molecule has 0 aromatic rings. The summed E-state index contributed by atoms with van der Waals surface area (Å²) in [7, 11) is 1.92. The summed E-state index contributed by atoms with van der Waals surface area (Å²) in [4.78, 5) is 25.5. The van der Waals surface area contributed by atoms with E-state index in [0.29, 0.717) is 19.4 Å². The van der Waals surface area contributed by atoms with E-state index in [1.54, 1.807) is 4.90 Å². The number of carbonyl (C=O) groups excluding carboxylic acids is 1. The van der Waals surface area contributed by atoms with Crippen LogP contribution in [-0.4, -0.2) is 47.1 Å². The van der Waals surface area contributed by atoms with Gasteiger partial charge in [0.1, 0.15) is 6.04 Å². The normalized spacial score (nSPS) is 26.2. The summed E-state index contributed by atoms with van der Waals surface area (Å²) in [5.41, 5.74) is -0.115. The molecular weight excluding hydrogens is 256 g/mol. The molecule has 1 aliphatic heterocycles. The molecule has 1 saturated heterocycles. The number of hydrogen-bond donors (Lipinski definition) is 2. The molecule has 0 aromatic carbocycles. The zero-order valence-corrected chi connectivity index (χ0v) is 12.4. The first kappa shape index (κ1) is 15.3. The molecule has 20 heavy (non-hydrogen) atoms. The zero-order valence-electron chi connectivity index (χ0n) is 12.4. The molecule has 0 radical (unpaired) electrons. The molecule has 0 bridgehead atoms. The lowest BCUT2D eigenvalue weighted by Gasteiger charge is -2.40. The predicted octanol–water partition coefficient (Wildman–Crippen LogP) is 1.76. The van der Waals surface area contributed by atoms with E-state index in [1.807, 2.05) is 7.05 Å². The number of carbonyl (C=O) groups is 2. The van der Waals surface area contributed by atoms with Crippen LogP contribution < -0.4 is 5.32 Å². The first-order chi connectivity index (χ1) is 9.58. The number of hydrogen-bond acceptors (Lipinski definition) is 3. The number of nitrogens with zero attached hydrogens (tertiary/aromatic N) is 1. The lowest BCUT2D eigenvalue weighted by Crippen LogP contribution is -2.53. The van der Waals surface area contributed by atoms with E-state index in [0.717, 1.165) is 38.5 Å². The van der Waals surface area contributed by atoms with Crippen molar-refractivity contribution in [3.63, 3.8) is 0 Å². The maximum atomic E-state index is 12.6. The van der Waals surface area contributed by atoms with Crippen LogP contribution in [0.25, 0.3) is 0 Å². The molecule has 2 fully saturated rings. The summed E-state index contributed by atoms with van der Waals surface area (Å²) in [5.74, 6) is -0.853. The molecule has 1 heterocycles. The van der Waals surface area contributed by atoms with Crippen LogP contribution in [0.4, 0.5) is 0 Å². The van der Waals surface area contributed by atoms with E-state index < -0.39 is 12.0 Å². The molecule has 1 unspecified atom stereocenters. The lowest BCUT2D eigenvalue weighted by molar-refractivity contribution is -0.152. The summed E-state index contributed by atoms with van der Waals surface area (Å²) in [5, 5.41) is 12.6. The summed E-state index contributed by atoms with van der Waals surface area (Å²) < 4.78 is 0. The quantitative estimate of drug-likeness (QED) is 0.824. The number of carboxylic acid groups (broad SMARTS) is 1. The average molecular weight is 282 g/mol. The molecule has 2 rings (SSSR count). The third kappa shape index (κ3) is 3.32. The fourth-order valence-electron chi connectivity index (χ4n) is 3.62. The van der Waals surface area contributed by atoms with Crippen LogP contribution in [0.1, 0.15) is 57.8 Å². The van der Waals surface area contributed by atoms with Gasteiger partial charge in [0.05, 0.1) is 0 Å². The van der Waals surface area contributed by atoms with Crippen LogP contribution in [-0.2, 0) is 9.59 Å². The van der Waals surface area contributed by atoms with Gasteiger partial charge in [-0.15, -0.1) is 0 Å². The minimum Gasteiger partial charge on any atom is -0.480 e. The Bertz CT molecular complexity index is 364. The molecule has 1 aliphatic carbocycles. The topological polar surface area (TPSA) is 69.6 Å². The van der Waals surface area contributed by atoms with E-state index in [9.17, 15) is 14.7 Å². The van der Waals surface area contributed by atoms with Gasteiger partial charge < -0.3 is 15.3 Å². The van der Waals surface area contributed by atoms with E-state index in [4.69, 9.17) is 0 Å². The zero-order chi connectivity index (χ0) is 14.6. The van der Waals surface area contributed by atoms with Crippen molar-refractivity contribution in [3.05, 3.63) is 0 Å². The van der Waals surface area contributed by atoms with Crippen LogP contribution in [0, 0.1) is 0 Å². The highest BCUT2D eigenvalue weighted by Gasteiger charge is 2.38. The summed E-state index contributed by atoms with van der Waals surface area (Å²) in [6.45, 7) is 0.593. The predicted molar refractivity (Wildman–Crippen MR) is 76.5 cm³/mol. The monoisotopic (exact) mass is 282 g/mol. The van der Waals surface area contributed by atoms with Crippen molar-refractivity contribution in [2.24, 2.45) is 0 Å². The molecule has 0 spiro atoms. The summed E-state index contributed by atoms with van der Waals surface area (Å²) >= 11 is 0. The van der Waals surface area contributed by atoms with Crippen LogP contribution in [0.5, 0.6) is 0 Å². The van der Waals surface area contributed by atoms with Crippen molar-refractivity contribution >= 4 is 11.9 Å². The van der Waals surface area contributed by atoms with Crippen LogP contribution in [0.15, 0.2) is 0 Å². The second-order valence-corrected chi connectivity index (χ2v) is 6.20. The number of nitrogens with one attached hydrogen (secondary N) is 1. The summed E-state index contributed by atoms with van der Waals surface area (Å²) in [6, 6.07) is -0.617. The van der Waals surface area contributed by atoms with Gasteiger partial charge in [-0.3, -0.25) is 4.79 Å². The lowest BCUT2D eigenvalue weighted by atomic mass is 9.79. The first-order valence-electron chi connectivity index (χ1n) is 7.79. The minimum atomic E-state index is -0.861. The highest BCUT2D eigenvalue weighted by Crippen LogP contribution is 2.32. The minimum absolute atomic E-state index is 0.00773. The molecule has 114 valence electrons. The first-order valence-corrected chi connectivity index (χ1v) is 7.79. The number of carboxylic acids is 1. The average Bonchev–Trinajstić information content (AvgIpc) is 2.48. The highest BCUT2D eigenvalue weighted by atomic mass is 16.4. The van der Waals surface area contributed by atoms with Crippen molar-refractivity contribution < 1.29 is 14.7 Å². The van der Waals surface area contributed by atoms with E-state index >= 15 is 0 Å². The largest absolute Gasteiger partial charge is 0.480 e. The molecular formula is C15H26N2O3. The Morgan fingerprint density at radius 2 is 1.90 bits per heavy atom. The molecule has 0 aromatic heterocycles. The Kier molecular flexibility index (Phi) is 5.02. The van der Waals surface area contributed by atoms with Crippen molar-refractivity contribution in [3.8, 4) is 0 Å². The maximum absolute atomic E-state index is 12.6. The molecule has 5 heteroatoms. The van der Waals surface area contributed by atoms with Gasteiger partial charge in [-0.2, -0.15) is 0 Å². The van der Waals surface area contributed by atoms with E-state index in [1.165, 1.54) is 6.42 Å². The van der Waals surface area contributed by atoms with Crippen molar-refractivity contribution in [2.75, 3.05) is 13.6 Å². The molecule has 1 saturated carbocycles. The van der Waals surface area contributed by atoms with Gasteiger partial charge in [-0.1, -0.05) is 19.3 Å². The molecule has 2 aliphatic rings. The Morgan fingerprint density at radius 3 is 2.50 bits per heavy atom. The molecule has 1 atom stereocenters. The third-order valence-electron chi connectivity index (χ3n) is 4.94. The Morgan fingerprint density at radius 1 is 1.20 bits per heavy atom. The number of amides is 1. The smallest absolute Gasteiger partial charge is 0.326 e. The molecule has 2 N–H and O–H groups in total. The number of rotatable bonds is 4. The highest BCUT2D eigenvalue weighted by molar-refractivity contribution is 5.84. The van der Waals surface area contributed by atoms with E-state index in [2.05, 4.69) is 5.32 Å². The summed E-state index contributed by atoms with van der Waals surface area (Å²) in [6.07, 6.45) is 8.41. The van der Waals surface area contributed by atoms with Gasteiger partial charge in [0.2, 0.25) is 5.91 Å². The second-order valence-electron chi connectivity index (χ2n) is 6.20. The molecule has 1 amide bonds. The number of piperidine rings is 1.